The number of Topliss-reactive ketones (excluding diaryl/α,β-unsaturated/α-hetero) is 1. The van der Waals surface area contributed by atoms with Crippen molar-refractivity contribution in [2.24, 2.45) is 11.0 Å². The van der Waals surface area contributed by atoms with E-state index in [9.17, 15) is 14.4 Å². The van der Waals surface area contributed by atoms with E-state index in [0.29, 0.717) is 11.4 Å². The summed E-state index contributed by atoms with van der Waals surface area (Å²) in [5.41, 5.74) is 2.38. The minimum atomic E-state index is -0.874. The van der Waals surface area contributed by atoms with Crippen molar-refractivity contribution in [3.8, 4) is 0 Å². The van der Waals surface area contributed by atoms with Crippen LogP contribution in [0.1, 0.15) is 12.5 Å². The summed E-state index contributed by atoms with van der Waals surface area (Å²) in [6, 6.07) is 15.4. The van der Waals surface area contributed by atoms with E-state index >= 15 is 0 Å². The van der Waals surface area contributed by atoms with Crippen molar-refractivity contribution >= 4 is 34.7 Å². The molecule has 130 valence electrons. The normalized spacial score (nSPS) is 21.8. The molecule has 6 nitrogen and oxygen atoms in total. The SMILES string of the molecule is CC(=O)C1=NN(c2ccc(C)cc2)C2C(=O)N(c3ccccc3)C(=O)C12. The Morgan fingerprint density at radius 3 is 2.19 bits per heavy atom. The fourth-order valence-electron chi connectivity index (χ4n) is 3.45. The van der Waals surface area contributed by atoms with Gasteiger partial charge in [-0.05, 0) is 31.2 Å². The first-order chi connectivity index (χ1) is 12.5. The summed E-state index contributed by atoms with van der Waals surface area (Å²) in [5.74, 6) is -1.95. The zero-order valence-electron chi connectivity index (χ0n) is 14.4. The van der Waals surface area contributed by atoms with E-state index in [0.717, 1.165) is 10.5 Å². The summed E-state index contributed by atoms with van der Waals surface area (Å²) in [5, 5.41) is 5.84. The van der Waals surface area contributed by atoms with Gasteiger partial charge >= 0.3 is 0 Å². The molecule has 4 rings (SSSR count). The second-order valence-electron chi connectivity index (χ2n) is 6.49. The summed E-state index contributed by atoms with van der Waals surface area (Å²) in [6.07, 6.45) is 0. The van der Waals surface area contributed by atoms with Crippen LogP contribution in [0.5, 0.6) is 0 Å². The van der Waals surface area contributed by atoms with Crippen molar-refractivity contribution < 1.29 is 14.4 Å². The Morgan fingerprint density at radius 2 is 1.58 bits per heavy atom. The lowest BCUT2D eigenvalue weighted by Crippen LogP contribution is -2.39. The van der Waals surface area contributed by atoms with Crippen LogP contribution in [0.3, 0.4) is 0 Å². The summed E-state index contributed by atoms with van der Waals surface area (Å²) >= 11 is 0. The summed E-state index contributed by atoms with van der Waals surface area (Å²) < 4.78 is 0. The minimum absolute atomic E-state index is 0.132. The minimum Gasteiger partial charge on any atom is -0.293 e. The third-order valence-electron chi connectivity index (χ3n) is 4.72. The zero-order chi connectivity index (χ0) is 18.4. The molecule has 26 heavy (non-hydrogen) atoms. The first kappa shape index (κ1) is 16.2. The molecule has 6 heteroatoms. The number of para-hydroxylation sites is 1. The lowest BCUT2D eigenvalue weighted by atomic mass is 9.95. The average Bonchev–Trinajstić information content (AvgIpc) is 3.14. The van der Waals surface area contributed by atoms with Crippen molar-refractivity contribution in [2.45, 2.75) is 19.9 Å². The predicted octanol–water partition coefficient (Wildman–Crippen LogP) is 2.32. The van der Waals surface area contributed by atoms with Crippen molar-refractivity contribution in [2.75, 3.05) is 9.91 Å². The van der Waals surface area contributed by atoms with E-state index in [1.165, 1.54) is 11.9 Å². The van der Waals surface area contributed by atoms with E-state index in [4.69, 9.17) is 0 Å². The molecule has 1 fully saturated rings. The molecule has 2 aromatic rings. The lowest BCUT2D eigenvalue weighted by molar-refractivity contribution is -0.122. The van der Waals surface area contributed by atoms with Crippen LogP contribution in [-0.4, -0.2) is 29.4 Å². The zero-order valence-corrected chi connectivity index (χ0v) is 14.4. The van der Waals surface area contributed by atoms with Crippen molar-refractivity contribution in [3.63, 3.8) is 0 Å². The summed E-state index contributed by atoms with van der Waals surface area (Å²) in [4.78, 5) is 39.3. The molecule has 2 aliphatic heterocycles. The van der Waals surface area contributed by atoms with E-state index in [2.05, 4.69) is 5.10 Å². The highest BCUT2D eigenvalue weighted by Crippen LogP contribution is 2.37. The molecule has 2 amide bonds. The molecule has 0 bridgehead atoms. The quantitative estimate of drug-likeness (QED) is 0.799. The molecule has 1 saturated heterocycles. The van der Waals surface area contributed by atoms with E-state index in [-0.39, 0.29) is 17.4 Å². The number of hydrogen-bond donors (Lipinski definition) is 0. The van der Waals surface area contributed by atoms with Gasteiger partial charge in [-0.15, -0.1) is 0 Å². The number of nitrogens with zero attached hydrogens (tertiary/aromatic N) is 3. The van der Waals surface area contributed by atoms with Gasteiger partial charge in [0.1, 0.15) is 17.7 Å². The Morgan fingerprint density at radius 1 is 0.923 bits per heavy atom. The van der Waals surface area contributed by atoms with Gasteiger partial charge < -0.3 is 0 Å². The van der Waals surface area contributed by atoms with Gasteiger partial charge in [0.15, 0.2) is 5.78 Å². The maximum atomic E-state index is 13.1. The number of carbonyl (C=O) groups is 3. The molecule has 0 radical (unpaired) electrons. The largest absolute Gasteiger partial charge is 0.293 e. The molecule has 2 unspecified atom stereocenters. The predicted molar refractivity (Wildman–Crippen MR) is 98.0 cm³/mol. The van der Waals surface area contributed by atoms with Gasteiger partial charge in [-0.2, -0.15) is 5.10 Å². The molecule has 0 aliphatic carbocycles. The Kier molecular flexibility index (Phi) is 3.68. The monoisotopic (exact) mass is 347 g/mol. The van der Waals surface area contributed by atoms with Crippen LogP contribution < -0.4 is 9.91 Å². The second kappa shape index (κ2) is 5.91. The number of rotatable bonds is 3. The highest BCUT2D eigenvalue weighted by atomic mass is 16.2. The highest BCUT2D eigenvalue weighted by molar-refractivity contribution is 6.48. The molecule has 2 heterocycles. The first-order valence-corrected chi connectivity index (χ1v) is 8.37. The molecule has 0 saturated carbocycles. The number of anilines is 2. The standard InChI is InChI=1S/C20H17N3O3/c1-12-8-10-15(11-9-12)23-18-16(17(21-23)13(2)24)19(25)22(20(18)26)14-6-4-3-5-7-14/h3-11,16,18H,1-2H3. The molecule has 2 aliphatic rings. The topological polar surface area (TPSA) is 70.1 Å². The van der Waals surface area contributed by atoms with Crippen molar-refractivity contribution in [1.82, 2.24) is 0 Å². The third-order valence-corrected chi connectivity index (χ3v) is 4.72. The number of carbonyl (C=O) groups excluding carboxylic acids is 3. The average molecular weight is 347 g/mol. The molecular weight excluding hydrogens is 330 g/mol. The Hall–Kier alpha value is -3.28. The molecule has 0 N–H and O–H groups in total. The summed E-state index contributed by atoms with van der Waals surface area (Å²) in [7, 11) is 0. The number of fused-ring (bicyclic) bond motifs is 1. The smallest absolute Gasteiger partial charge is 0.259 e. The van der Waals surface area contributed by atoms with Crippen LogP contribution in [-0.2, 0) is 14.4 Å². The van der Waals surface area contributed by atoms with Gasteiger partial charge in [0.25, 0.3) is 5.91 Å². The maximum Gasteiger partial charge on any atom is 0.259 e. The van der Waals surface area contributed by atoms with Gasteiger partial charge in [0.05, 0.1) is 11.4 Å². The molecular formula is C20H17N3O3. The number of ketones is 1. The van der Waals surface area contributed by atoms with Gasteiger partial charge in [-0.25, -0.2) is 4.90 Å². The number of imide groups is 1. The Labute approximate surface area is 150 Å². The Bertz CT molecular complexity index is 935. The van der Waals surface area contributed by atoms with Crippen molar-refractivity contribution in [1.29, 1.82) is 0 Å². The number of hydrogen-bond acceptors (Lipinski definition) is 5. The lowest BCUT2D eigenvalue weighted by Gasteiger charge is -2.22. The molecule has 0 aromatic heterocycles. The number of aryl methyl sites for hydroxylation is 1. The van der Waals surface area contributed by atoms with E-state index in [1.54, 1.807) is 24.3 Å². The van der Waals surface area contributed by atoms with Gasteiger partial charge in [0.2, 0.25) is 5.91 Å². The van der Waals surface area contributed by atoms with Crippen LogP contribution >= 0.6 is 0 Å². The second-order valence-corrected chi connectivity index (χ2v) is 6.49. The van der Waals surface area contributed by atoms with Crippen LogP contribution in [0, 0.1) is 12.8 Å². The van der Waals surface area contributed by atoms with Crippen LogP contribution in [0.4, 0.5) is 11.4 Å². The van der Waals surface area contributed by atoms with Gasteiger partial charge in [-0.3, -0.25) is 19.4 Å². The van der Waals surface area contributed by atoms with Gasteiger partial charge in [-0.1, -0.05) is 35.9 Å². The number of benzene rings is 2. The molecule has 2 aromatic carbocycles. The van der Waals surface area contributed by atoms with Crippen molar-refractivity contribution in [3.05, 3.63) is 60.2 Å². The Balaban J connectivity index is 1.80. The van der Waals surface area contributed by atoms with Crippen LogP contribution in [0.2, 0.25) is 0 Å². The first-order valence-electron chi connectivity index (χ1n) is 8.37. The number of hydrazone groups is 1. The molecule has 0 spiro atoms. The van der Waals surface area contributed by atoms with Crippen LogP contribution in [0.15, 0.2) is 59.7 Å². The maximum absolute atomic E-state index is 13.1. The van der Waals surface area contributed by atoms with E-state index in [1.807, 2.05) is 37.3 Å². The molecule has 2 atom stereocenters. The fourth-order valence-corrected chi connectivity index (χ4v) is 3.45. The highest BCUT2D eigenvalue weighted by Gasteiger charge is 2.58. The van der Waals surface area contributed by atoms with E-state index < -0.39 is 17.9 Å². The van der Waals surface area contributed by atoms with Crippen LogP contribution in [0.25, 0.3) is 0 Å². The van der Waals surface area contributed by atoms with Gasteiger partial charge in [0, 0.05) is 6.92 Å². The third kappa shape index (κ3) is 2.34. The summed E-state index contributed by atoms with van der Waals surface area (Å²) in [6.45, 7) is 3.33. The fraction of sp³-hybridized carbons (Fsp3) is 0.200. The number of amides is 2.